The first-order valence-corrected chi connectivity index (χ1v) is 9.08. The molecule has 0 bridgehead atoms. The molecule has 0 radical (unpaired) electrons. The summed E-state index contributed by atoms with van der Waals surface area (Å²) in [4.78, 5) is 24.6. The summed E-state index contributed by atoms with van der Waals surface area (Å²) in [6.07, 6.45) is 5.89. The van der Waals surface area contributed by atoms with Crippen LogP contribution >= 0.6 is 0 Å². The molecule has 0 aliphatic heterocycles. The zero-order valence-electron chi connectivity index (χ0n) is 14.8. The van der Waals surface area contributed by atoms with Crippen LogP contribution in [0.5, 0.6) is 0 Å². The molecule has 0 saturated carbocycles. The van der Waals surface area contributed by atoms with Crippen LogP contribution in [0.2, 0.25) is 0 Å². The van der Waals surface area contributed by atoms with Gasteiger partial charge in [-0.1, -0.05) is 12.1 Å². The first-order valence-electron chi connectivity index (χ1n) is 9.08. The third-order valence-corrected chi connectivity index (χ3v) is 4.79. The predicted molar refractivity (Wildman–Crippen MR) is 104 cm³/mol. The van der Waals surface area contributed by atoms with Crippen LogP contribution in [0.4, 0.5) is 11.4 Å². The van der Waals surface area contributed by atoms with Gasteiger partial charge in [0.05, 0.1) is 6.26 Å². The quantitative estimate of drug-likeness (QED) is 0.711. The summed E-state index contributed by atoms with van der Waals surface area (Å²) in [5.74, 6) is -0.239. The Kier molecular flexibility index (Phi) is 4.75. The molecule has 27 heavy (non-hydrogen) atoms. The van der Waals surface area contributed by atoms with Gasteiger partial charge in [-0.15, -0.1) is 0 Å². The Bertz CT molecular complexity index is 960. The molecule has 1 heterocycles. The number of benzene rings is 2. The van der Waals surface area contributed by atoms with Crippen molar-refractivity contribution in [2.24, 2.45) is 0 Å². The third kappa shape index (κ3) is 3.77. The second-order valence-electron chi connectivity index (χ2n) is 6.61. The maximum Gasteiger partial charge on any atom is 0.291 e. The average Bonchev–Trinajstić information content (AvgIpc) is 3.24. The van der Waals surface area contributed by atoms with Gasteiger partial charge >= 0.3 is 0 Å². The molecule has 136 valence electrons. The fourth-order valence-electron chi connectivity index (χ4n) is 3.40. The van der Waals surface area contributed by atoms with Crippen LogP contribution in [0.15, 0.2) is 65.3 Å². The van der Waals surface area contributed by atoms with Crippen molar-refractivity contribution >= 4 is 23.2 Å². The molecular weight excluding hydrogens is 340 g/mol. The molecule has 2 N–H and O–H groups in total. The van der Waals surface area contributed by atoms with Crippen LogP contribution in [0.1, 0.15) is 44.9 Å². The van der Waals surface area contributed by atoms with E-state index < -0.39 is 0 Å². The maximum absolute atomic E-state index is 12.6. The van der Waals surface area contributed by atoms with Gasteiger partial charge in [-0.05, 0) is 79.3 Å². The zero-order valence-corrected chi connectivity index (χ0v) is 14.8. The van der Waals surface area contributed by atoms with Gasteiger partial charge in [0.15, 0.2) is 5.76 Å². The molecule has 1 aromatic heterocycles. The van der Waals surface area contributed by atoms with E-state index in [1.165, 1.54) is 23.8 Å². The molecule has 4 rings (SSSR count). The summed E-state index contributed by atoms with van der Waals surface area (Å²) in [6, 6.07) is 16.1. The van der Waals surface area contributed by atoms with Crippen LogP contribution in [0.3, 0.4) is 0 Å². The summed E-state index contributed by atoms with van der Waals surface area (Å²) < 4.78 is 5.07. The minimum atomic E-state index is -0.326. The van der Waals surface area contributed by atoms with E-state index in [1.54, 1.807) is 36.4 Å². The number of anilines is 2. The summed E-state index contributed by atoms with van der Waals surface area (Å²) in [5.41, 5.74) is 4.62. The number of furan rings is 1. The molecule has 1 aliphatic rings. The predicted octanol–water partition coefficient (Wildman–Crippen LogP) is 4.66. The number of rotatable bonds is 4. The Hall–Kier alpha value is -3.34. The lowest BCUT2D eigenvalue weighted by Gasteiger charge is -2.19. The molecule has 5 heteroatoms. The fraction of sp³-hybridized carbons (Fsp3) is 0.182. The zero-order chi connectivity index (χ0) is 18.6. The lowest BCUT2D eigenvalue weighted by Crippen LogP contribution is -2.16. The summed E-state index contributed by atoms with van der Waals surface area (Å²) in [7, 11) is 0. The van der Waals surface area contributed by atoms with Crippen molar-refractivity contribution in [3.63, 3.8) is 0 Å². The van der Waals surface area contributed by atoms with Crippen LogP contribution in [-0.2, 0) is 12.8 Å². The number of carbonyl (C=O) groups excluding carboxylic acids is 2. The molecule has 5 nitrogen and oxygen atoms in total. The largest absolute Gasteiger partial charge is 0.459 e. The number of hydrogen-bond donors (Lipinski definition) is 2. The SMILES string of the molecule is O=C(Nc1cccc2c1CCCC2)c1ccc(NC(=O)c2ccco2)cc1. The molecular formula is C22H20N2O3. The van der Waals surface area contributed by atoms with E-state index in [1.807, 2.05) is 12.1 Å². The van der Waals surface area contributed by atoms with Crippen LogP contribution in [-0.4, -0.2) is 11.8 Å². The van der Waals surface area contributed by atoms with Gasteiger partial charge in [0, 0.05) is 16.9 Å². The summed E-state index contributed by atoms with van der Waals surface area (Å²) in [5, 5.41) is 5.76. The van der Waals surface area contributed by atoms with E-state index in [4.69, 9.17) is 4.42 Å². The van der Waals surface area contributed by atoms with Gasteiger partial charge in [0.2, 0.25) is 0 Å². The summed E-state index contributed by atoms with van der Waals surface area (Å²) in [6.45, 7) is 0. The molecule has 2 aromatic carbocycles. The Morgan fingerprint density at radius 3 is 2.41 bits per heavy atom. The van der Waals surface area contributed by atoms with Crippen molar-refractivity contribution in [2.75, 3.05) is 10.6 Å². The van der Waals surface area contributed by atoms with E-state index in [0.717, 1.165) is 24.9 Å². The average molecular weight is 360 g/mol. The number of hydrogen-bond acceptors (Lipinski definition) is 3. The third-order valence-electron chi connectivity index (χ3n) is 4.79. The molecule has 1 aliphatic carbocycles. The van der Waals surface area contributed by atoms with Crippen molar-refractivity contribution in [1.82, 2.24) is 0 Å². The first kappa shape index (κ1) is 17.1. The van der Waals surface area contributed by atoms with Gasteiger partial charge < -0.3 is 15.1 Å². The van der Waals surface area contributed by atoms with Crippen molar-refractivity contribution in [1.29, 1.82) is 0 Å². The first-order chi connectivity index (χ1) is 13.2. The van der Waals surface area contributed by atoms with Gasteiger partial charge in [0.1, 0.15) is 0 Å². The normalized spacial score (nSPS) is 12.9. The maximum atomic E-state index is 12.6. The molecule has 0 atom stereocenters. The van der Waals surface area contributed by atoms with E-state index >= 15 is 0 Å². The molecule has 0 spiro atoms. The van der Waals surface area contributed by atoms with E-state index in [0.29, 0.717) is 11.3 Å². The highest BCUT2D eigenvalue weighted by atomic mass is 16.3. The van der Waals surface area contributed by atoms with Gasteiger partial charge in [0.25, 0.3) is 11.8 Å². The second-order valence-corrected chi connectivity index (χ2v) is 6.61. The lowest BCUT2D eigenvalue weighted by molar-refractivity contribution is 0.0995. The van der Waals surface area contributed by atoms with Gasteiger partial charge in [-0.3, -0.25) is 9.59 Å². The van der Waals surface area contributed by atoms with E-state index in [9.17, 15) is 9.59 Å². The standard InChI is InChI=1S/C22H20N2O3/c25-21(24-19-8-3-6-15-5-1-2-7-18(15)19)16-10-12-17(13-11-16)23-22(26)20-9-4-14-27-20/h3-4,6,8-14H,1-2,5,7H2,(H,23,26)(H,24,25). The monoisotopic (exact) mass is 360 g/mol. The smallest absolute Gasteiger partial charge is 0.291 e. The van der Waals surface area contributed by atoms with Crippen molar-refractivity contribution in [3.8, 4) is 0 Å². The van der Waals surface area contributed by atoms with Gasteiger partial charge in [-0.25, -0.2) is 0 Å². The highest BCUT2D eigenvalue weighted by Crippen LogP contribution is 2.28. The molecule has 0 saturated heterocycles. The fourth-order valence-corrected chi connectivity index (χ4v) is 3.40. The number of aryl methyl sites for hydroxylation is 1. The van der Waals surface area contributed by atoms with E-state index in [-0.39, 0.29) is 17.6 Å². The number of nitrogens with one attached hydrogen (secondary N) is 2. The van der Waals surface area contributed by atoms with Crippen LogP contribution in [0.25, 0.3) is 0 Å². The Morgan fingerprint density at radius 2 is 1.63 bits per heavy atom. The number of carbonyl (C=O) groups is 2. The molecule has 2 amide bonds. The molecule has 0 fully saturated rings. The van der Waals surface area contributed by atoms with Crippen LogP contribution in [0, 0.1) is 0 Å². The van der Waals surface area contributed by atoms with Crippen molar-refractivity contribution in [2.45, 2.75) is 25.7 Å². The topological polar surface area (TPSA) is 71.3 Å². The molecule has 0 unspecified atom stereocenters. The minimum absolute atomic E-state index is 0.155. The van der Waals surface area contributed by atoms with Crippen LogP contribution < -0.4 is 10.6 Å². The van der Waals surface area contributed by atoms with Gasteiger partial charge in [-0.2, -0.15) is 0 Å². The number of fused-ring (bicyclic) bond motifs is 1. The number of amides is 2. The Labute approximate surface area is 157 Å². The minimum Gasteiger partial charge on any atom is -0.459 e. The highest BCUT2D eigenvalue weighted by molar-refractivity contribution is 6.06. The molecule has 3 aromatic rings. The Morgan fingerprint density at radius 1 is 0.815 bits per heavy atom. The van der Waals surface area contributed by atoms with E-state index in [2.05, 4.69) is 16.7 Å². The summed E-state index contributed by atoms with van der Waals surface area (Å²) >= 11 is 0. The lowest BCUT2D eigenvalue weighted by atomic mass is 9.90. The van der Waals surface area contributed by atoms with Crippen molar-refractivity contribution in [3.05, 3.63) is 83.3 Å². The van der Waals surface area contributed by atoms with Crippen molar-refractivity contribution < 1.29 is 14.0 Å². The Balaban J connectivity index is 1.45. The second kappa shape index (κ2) is 7.50. The highest BCUT2D eigenvalue weighted by Gasteiger charge is 2.15.